The fourth-order valence-corrected chi connectivity index (χ4v) is 2.79. The number of benzene rings is 1. The molecular formula is C17H17ClN4O. The zero-order valence-electron chi connectivity index (χ0n) is 12.6. The van der Waals surface area contributed by atoms with Crippen molar-refractivity contribution in [1.29, 1.82) is 0 Å². The van der Waals surface area contributed by atoms with Crippen LogP contribution >= 0.6 is 11.6 Å². The normalized spacial score (nSPS) is 14.7. The maximum absolute atomic E-state index is 12.1. The van der Waals surface area contributed by atoms with Crippen molar-refractivity contribution in [1.82, 2.24) is 15.6 Å². The summed E-state index contributed by atoms with van der Waals surface area (Å²) in [6.45, 7) is 0. The zero-order valence-corrected chi connectivity index (χ0v) is 13.3. The van der Waals surface area contributed by atoms with Gasteiger partial charge in [-0.25, -0.2) is 5.43 Å². The van der Waals surface area contributed by atoms with E-state index in [0.29, 0.717) is 10.7 Å². The van der Waals surface area contributed by atoms with Crippen LogP contribution in [0.3, 0.4) is 0 Å². The topological polar surface area (TPSA) is 70.1 Å². The minimum absolute atomic E-state index is 0.315. The number of fused-ring (bicyclic) bond motifs is 1. The van der Waals surface area contributed by atoms with Gasteiger partial charge in [0.25, 0.3) is 5.91 Å². The molecule has 1 aliphatic rings. The summed E-state index contributed by atoms with van der Waals surface area (Å²) in [7, 11) is 0. The fraction of sp³-hybridized carbons (Fsp3) is 0.235. The number of aryl methyl sites for hydroxylation is 1. The maximum Gasteiger partial charge on any atom is 0.292 e. The van der Waals surface area contributed by atoms with Gasteiger partial charge < -0.3 is 0 Å². The van der Waals surface area contributed by atoms with Crippen molar-refractivity contribution >= 4 is 29.8 Å². The first-order valence-electron chi connectivity index (χ1n) is 7.56. The standard InChI is InChI=1S/C17H17ClN4O/c18-13(10-12-6-2-1-3-7-12)11-19-22-17(23)16-14-8-4-5-9-15(14)20-21-16/h1-3,6-7,10-11H,4-5,8-9H2,(H,20,21)(H,22,23)/b13-10+,19-11-. The van der Waals surface area contributed by atoms with Crippen molar-refractivity contribution in [3.63, 3.8) is 0 Å². The predicted molar refractivity (Wildman–Crippen MR) is 91.5 cm³/mol. The molecule has 0 saturated heterocycles. The molecule has 1 aliphatic carbocycles. The molecule has 2 aromatic rings. The number of carbonyl (C=O) groups excluding carboxylic acids is 1. The Morgan fingerprint density at radius 3 is 2.87 bits per heavy atom. The summed E-state index contributed by atoms with van der Waals surface area (Å²) in [6.07, 6.45) is 7.23. The average molecular weight is 329 g/mol. The summed E-state index contributed by atoms with van der Waals surface area (Å²) in [6, 6.07) is 9.66. The highest BCUT2D eigenvalue weighted by Gasteiger charge is 2.21. The van der Waals surface area contributed by atoms with E-state index in [1.165, 1.54) is 6.21 Å². The Morgan fingerprint density at radius 2 is 2.04 bits per heavy atom. The lowest BCUT2D eigenvalue weighted by Crippen LogP contribution is -2.20. The molecule has 0 aliphatic heterocycles. The summed E-state index contributed by atoms with van der Waals surface area (Å²) < 4.78 is 0. The van der Waals surface area contributed by atoms with Crippen LogP contribution in [0.15, 0.2) is 40.5 Å². The van der Waals surface area contributed by atoms with Crippen LogP contribution < -0.4 is 5.43 Å². The SMILES string of the molecule is O=C(N/N=C\C(Cl)=C/c1ccccc1)c1n[nH]c2c1CCCC2. The number of aromatic amines is 1. The van der Waals surface area contributed by atoms with E-state index in [2.05, 4.69) is 20.7 Å². The van der Waals surface area contributed by atoms with Crippen molar-refractivity contribution in [3.05, 3.63) is 57.9 Å². The molecule has 0 atom stereocenters. The van der Waals surface area contributed by atoms with Crippen LogP contribution in [-0.2, 0) is 12.8 Å². The average Bonchev–Trinajstić information content (AvgIpc) is 3.00. The van der Waals surface area contributed by atoms with Crippen molar-refractivity contribution in [2.24, 2.45) is 5.10 Å². The van der Waals surface area contributed by atoms with Crippen LogP contribution in [0.1, 0.15) is 40.2 Å². The highest BCUT2D eigenvalue weighted by molar-refractivity contribution is 6.41. The van der Waals surface area contributed by atoms with Gasteiger partial charge in [-0.1, -0.05) is 41.9 Å². The van der Waals surface area contributed by atoms with E-state index < -0.39 is 0 Å². The summed E-state index contributed by atoms with van der Waals surface area (Å²) in [5, 5.41) is 11.4. The first-order chi connectivity index (χ1) is 11.2. The molecular weight excluding hydrogens is 312 g/mol. The Labute approximate surface area is 139 Å². The van der Waals surface area contributed by atoms with Crippen LogP contribution in [0.25, 0.3) is 6.08 Å². The molecule has 1 amide bonds. The lowest BCUT2D eigenvalue weighted by molar-refractivity contribution is 0.0949. The molecule has 3 rings (SSSR count). The van der Waals surface area contributed by atoms with Gasteiger partial charge in [-0.05, 0) is 37.3 Å². The zero-order chi connectivity index (χ0) is 16.1. The summed E-state index contributed by atoms with van der Waals surface area (Å²) in [4.78, 5) is 12.1. The Morgan fingerprint density at radius 1 is 1.26 bits per heavy atom. The van der Waals surface area contributed by atoms with Crippen LogP contribution in [-0.4, -0.2) is 22.3 Å². The minimum Gasteiger partial charge on any atom is -0.281 e. The highest BCUT2D eigenvalue weighted by atomic mass is 35.5. The number of hydrazone groups is 1. The molecule has 118 valence electrons. The Kier molecular flexibility index (Phi) is 4.88. The molecule has 0 saturated carbocycles. The first kappa shape index (κ1) is 15.5. The van der Waals surface area contributed by atoms with Crippen molar-refractivity contribution in [2.75, 3.05) is 0 Å². The molecule has 0 bridgehead atoms. The van der Waals surface area contributed by atoms with Gasteiger partial charge in [0.1, 0.15) is 0 Å². The van der Waals surface area contributed by atoms with E-state index >= 15 is 0 Å². The van der Waals surface area contributed by atoms with Gasteiger partial charge in [0, 0.05) is 11.3 Å². The number of amides is 1. The van der Waals surface area contributed by atoms with E-state index in [1.807, 2.05) is 30.3 Å². The van der Waals surface area contributed by atoms with Gasteiger partial charge in [0.15, 0.2) is 5.69 Å². The molecule has 1 heterocycles. The van der Waals surface area contributed by atoms with E-state index in [0.717, 1.165) is 42.5 Å². The van der Waals surface area contributed by atoms with Crippen molar-refractivity contribution in [3.8, 4) is 0 Å². The van der Waals surface area contributed by atoms with E-state index in [9.17, 15) is 4.79 Å². The lowest BCUT2D eigenvalue weighted by Gasteiger charge is -2.10. The molecule has 5 nitrogen and oxygen atoms in total. The van der Waals surface area contributed by atoms with E-state index in [1.54, 1.807) is 6.08 Å². The van der Waals surface area contributed by atoms with E-state index in [-0.39, 0.29) is 5.91 Å². The number of allylic oxidation sites excluding steroid dienone is 1. The molecule has 23 heavy (non-hydrogen) atoms. The minimum atomic E-state index is -0.315. The van der Waals surface area contributed by atoms with E-state index in [4.69, 9.17) is 11.6 Å². The second-order valence-corrected chi connectivity index (χ2v) is 5.81. The number of aromatic nitrogens is 2. The smallest absolute Gasteiger partial charge is 0.281 e. The number of carbonyl (C=O) groups is 1. The second-order valence-electron chi connectivity index (χ2n) is 5.38. The summed E-state index contributed by atoms with van der Waals surface area (Å²) >= 11 is 6.08. The Hall–Kier alpha value is -2.40. The summed E-state index contributed by atoms with van der Waals surface area (Å²) in [5.41, 5.74) is 5.95. The molecule has 6 heteroatoms. The number of nitrogens with zero attached hydrogens (tertiary/aromatic N) is 2. The molecule has 1 aromatic heterocycles. The van der Waals surface area contributed by atoms with Crippen LogP contribution in [0.5, 0.6) is 0 Å². The number of hydrogen-bond acceptors (Lipinski definition) is 3. The van der Waals surface area contributed by atoms with Gasteiger partial charge in [-0.3, -0.25) is 9.89 Å². The number of nitrogens with one attached hydrogen (secondary N) is 2. The van der Waals surface area contributed by atoms with Gasteiger partial charge >= 0.3 is 0 Å². The monoisotopic (exact) mass is 328 g/mol. The van der Waals surface area contributed by atoms with Gasteiger partial charge in [-0.2, -0.15) is 10.2 Å². The van der Waals surface area contributed by atoms with Crippen molar-refractivity contribution < 1.29 is 4.79 Å². The highest BCUT2D eigenvalue weighted by Crippen LogP contribution is 2.21. The Bertz CT molecular complexity index is 749. The fourth-order valence-electron chi connectivity index (χ4n) is 2.62. The predicted octanol–water partition coefficient (Wildman–Crippen LogP) is 3.28. The quantitative estimate of drug-likeness (QED) is 0.668. The Balaban J connectivity index is 1.63. The molecule has 0 unspecified atom stereocenters. The molecule has 1 aromatic carbocycles. The van der Waals surface area contributed by atoms with Gasteiger partial charge in [0.2, 0.25) is 0 Å². The van der Waals surface area contributed by atoms with Crippen LogP contribution in [0.2, 0.25) is 0 Å². The maximum atomic E-state index is 12.1. The largest absolute Gasteiger partial charge is 0.292 e. The molecule has 0 fully saturated rings. The number of H-pyrrole nitrogens is 1. The van der Waals surface area contributed by atoms with Crippen LogP contribution in [0, 0.1) is 0 Å². The second kappa shape index (κ2) is 7.24. The van der Waals surface area contributed by atoms with Crippen LogP contribution in [0.4, 0.5) is 0 Å². The van der Waals surface area contributed by atoms with Gasteiger partial charge in [-0.15, -0.1) is 0 Å². The number of rotatable bonds is 4. The molecule has 2 N–H and O–H groups in total. The third kappa shape index (κ3) is 3.87. The third-order valence-corrected chi connectivity index (χ3v) is 3.94. The lowest BCUT2D eigenvalue weighted by atomic mass is 9.96. The van der Waals surface area contributed by atoms with Gasteiger partial charge in [0.05, 0.1) is 11.2 Å². The first-order valence-corrected chi connectivity index (χ1v) is 7.93. The van der Waals surface area contributed by atoms with Crippen molar-refractivity contribution in [2.45, 2.75) is 25.7 Å². The summed E-state index contributed by atoms with van der Waals surface area (Å²) in [5.74, 6) is -0.315. The molecule has 0 spiro atoms. The number of halogens is 1. The molecule has 0 radical (unpaired) electrons. The number of hydrogen-bond donors (Lipinski definition) is 2. The third-order valence-electron chi connectivity index (χ3n) is 3.73.